The molecule has 0 atom stereocenters. The molecule has 3 fully saturated rings. The number of aromatic nitrogens is 21. The summed E-state index contributed by atoms with van der Waals surface area (Å²) in [7, 11) is -3.25. The maximum atomic E-state index is 12.0. The molecule has 522 valence electrons. The number of benzene rings is 3. The third-order valence-electron chi connectivity index (χ3n) is 18.3. The van der Waals surface area contributed by atoms with Crippen LogP contribution in [-0.2, 0) is 39.1 Å². The second-order valence-electron chi connectivity index (χ2n) is 24.9. The Morgan fingerprint density at radius 1 is 0.456 bits per heavy atom. The fourth-order valence-electron chi connectivity index (χ4n) is 13.5. The lowest BCUT2D eigenvalue weighted by molar-refractivity contribution is 0.122. The highest BCUT2D eigenvalue weighted by Crippen LogP contribution is 2.39. The van der Waals surface area contributed by atoms with Crippen LogP contribution < -0.4 is 31.9 Å². The summed E-state index contributed by atoms with van der Waals surface area (Å²) in [6, 6.07) is 24.1. The van der Waals surface area contributed by atoms with Gasteiger partial charge in [-0.25, -0.2) is 67.3 Å². The van der Waals surface area contributed by atoms with Crippen molar-refractivity contribution >= 4 is 134 Å². The highest BCUT2D eigenvalue weighted by molar-refractivity contribution is 7.88. The first-order chi connectivity index (χ1) is 50.2. The minimum atomic E-state index is -3.25. The van der Waals surface area contributed by atoms with Crippen molar-refractivity contribution in [2.45, 2.75) is 26.6 Å². The zero-order valence-electron chi connectivity index (χ0n) is 55.6. The van der Waals surface area contributed by atoms with Gasteiger partial charge in [-0.3, -0.25) is 15.3 Å². The van der Waals surface area contributed by atoms with Crippen molar-refractivity contribution in [2.24, 2.45) is 0 Å². The summed E-state index contributed by atoms with van der Waals surface area (Å²) in [4.78, 5) is 47.6. The van der Waals surface area contributed by atoms with Crippen molar-refractivity contribution in [3.05, 3.63) is 162 Å². The number of pyridine rings is 3. The van der Waals surface area contributed by atoms with Crippen LogP contribution >= 0.6 is 23.2 Å². The minimum Gasteiger partial charge on any atom is -0.383 e. The van der Waals surface area contributed by atoms with E-state index >= 15 is 0 Å². The third-order valence-corrected chi connectivity index (χ3v) is 20.3. The lowest BCUT2D eigenvalue weighted by Gasteiger charge is -2.34. The monoisotopic (exact) mass is 1440 g/mol. The molecule has 12 aromatic heterocycles. The number of fused-ring (bicyclic) bond motifs is 6. The average molecular weight is 1440 g/mol. The summed E-state index contributed by atoms with van der Waals surface area (Å²) in [6.45, 7) is 11.0. The first kappa shape index (κ1) is 66.0. The summed E-state index contributed by atoms with van der Waals surface area (Å²) in [5.41, 5.74) is 28.6. The molecule has 3 aromatic carbocycles. The van der Waals surface area contributed by atoms with E-state index in [1.165, 1.54) is 40.5 Å². The van der Waals surface area contributed by atoms with E-state index in [4.69, 9.17) is 80.1 Å². The molecule has 32 nitrogen and oxygen atoms in total. The van der Waals surface area contributed by atoms with Crippen LogP contribution in [0.5, 0.6) is 0 Å². The molecule has 9 N–H and O–H groups in total. The van der Waals surface area contributed by atoms with Gasteiger partial charge < -0.3 is 41.4 Å². The standard InChI is InChI=1S/C23H23ClN10O2S.C23H23N9O.C22H20ClN9O/c1-37(35,36)33-7-5-32(6-8-33)23-18-14(3-2-4-17(18)24)9-16(30-23)12-34-22-19(21(25)26-13-27-22)20(31-34)15-10-28-29-11-15;1-14-3-2-4-15-9-17(29-23(18(14)15)31-5-7-33-8-6-31)12-32-22-19(21(24)25-13-26-22)20(30-32)16-10-27-28-11-16;23-16-3-1-2-13-8-15(29-22(17(13)16)31-4-6-33-7-5-31)11-32-21-18(20(24)25-12-26-21)19(30-32)14-9-27-28-10-14/h2-4,9-11,13H,5-8,12H2,1H3,(H,28,29)(H2,25,26,27);2-4,9-11,13H,5-8,12H2,1H3,(H,27,28)(H2,24,25,26);1-3,8-10,12H,4-7,11H2,(H,27,28)(H2,24,25,26). The molecular formula is C68H66Cl2N28O4S. The molecule has 18 rings (SSSR count). The fraction of sp³-hybridized carbons (Fsp3) is 0.250. The number of sulfonamides is 1. The molecule has 0 unspecified atom stereocenters. The van der Waals surface area contributed by atoms with Crippen LogP contribution in [0, 0.1) is 6.92 Å². The maximum Gasteiger partial charge on any atom is 0.211 e. The fourth-order valence-corrected chi connectivity index (χ4v) is 14.8. The third kappa shape index (κ3) is 13.0. The van der Waals surface area contributed by atoms with Gasteiger partial charge >= 0.3 is 0 Å². The van der Waals surface area contributed by atoms with E-state index in [-0.39, 0.29) is 0 Å². The number of aryl methyl sites for hydroxylation is 1. The van der Waals surface area contributed by atoms with Gasteiger partial charge in [0.2, 0.25) is 10.0 Å². The molecule has 0 aliphatic carbocycles. The molecule has 3 aliphatic heterocycles. The van der Waals surface area contributed by atoms with E-state index in [1.54, 1.807) is 46.5 Å². The first-order valence-electron chi connectivity index (χ1n) is 33.0. The number of hydrogen-bond acceptors (Lipinski definition) is 25. The molecule has 0 bridgehead atoms. The molecule has 0 radical (unpaired) electrons. The second-order valence-corrected chi connectivity index (χ2v) is 27.7. The summed E-state index contributed by atoms with van der Waals surface area (Å²) < 4.78 is 42.0. The van der Waals surface area contributed by atoms with Gasteiger partial charge in [0.25, 0.3) is 0 Å². The summed E-state index contributed by atoms with van der Waals surface area (Å²) in [6.07, 6.45) is 15.9. The van der Waals surface area contributed by atoms with Gasteiger partial charge in [0.15, 0.2) is 16.9 Å². The zero-order valence-corrected chi connectivity index (χ0v) is 57.9. The van der Waals surface area contributed by atoms with Gasteiger partial charge in [0.05, 0.1) is 114 Å². The van der Waals surface area contributed by atoms with Crippen LogP contribution in [0.2, 0.25) is 10.0 Å². The van der Waals surface area contributed by atoms with Crippen molar-refractivity contribution < 1.29 is 17.9 Å². The number of nitrogen functional groups attached to an aromatic ring is 3. The van der Waals surface area contributed by atoms with Crippen molar-refractivity contribution in [3.63, 3.8) is 0 Å². The lowest BCUT2D eigenvalue weighted by Crippen LogP contribution is -2.48. The Morgan fingerprint density at radius 3 is 1.17 bits per heavy atom. The Bertz CT molecular complexity index is 5530. The van der Waals surface area contributed by atoms with Crippen LogP contribution in [0.3, 0.4) is 0 Å². The van der Waals surface area contributed by atoms with E-state index < -0.39 is 10.0 Å². The van der Waals surface area contributed by atoms with Gasteiger partial charge in [-0.05, 0) is 59.0 Å². The summed E-state index contributed by atoms with van der Waals surface area (Å²) in [5, 5.41) is 44.4. The number of hydrogen-bond donors (Lipinski definition) is 6. The number of aromatic amines is 3. The summed E-state index contributed by atoms with van der Waals surface area (Å²) in [5.74, 6) is 3.65. The molecule has 0 spiro atoms. The highest BCUT2D eigenvalue weighted by atomic mass is 35.5. The number of ether oxygens (including phenoxy) is 2. The van der Waals surface area contributed by atoms with Crippen LogP contribution in [0.1, 0.15) is 22.6 Å². The number of H-pyrrole nitrogens is 3. The van der Waals surface area contributed by atoms with Crippen molar-refractivity contribution in [1.29, 1.82) is 0 Å². The Kier molecular flexibility index (Phi) is 17.8. The van der Waals surface area contributed by atoms with E-state index in [1.807, 2.05) is 47.1 Å². The van der Waals surface area contributed by atoms with Crippen molar-refractivity contribution in [1.82, 2.24) is 109 Å². The number of nitrogens with one attached hydrogen (secondary N) is 3. The number of anilines is 6. The predicted octanol–water partition coefficient (Wildman–Crippen LogP) is 7.56. The highest BCUT2D eigenvalue weighted by Gasteiger charge is 2.29. The van der Waals surface area contributed by atoms with Crippen LogP contribution in [0.25, 0.3) is 99.2 Å². The van der Waals surface area contributed by atoms with Crippen LogP contribution in [0.15, 0.2) is 129 Å². The smallest absolute Gasteiger partial charge is 0.211 e. The molecule has 0 saturated carbocycles. The Balaban J connectivity index is 0.000000120. The van der Waals surface area contributed by atoms with E-state index in [9.17, 15) is 8.42 Å². The quantitative estimate of drug-likeness (QED) is 0.0648. The summed E-state index contributed by atoms with van der Waals surface area (Å²) >= 11 is 13.2. The number of nitrogens with zero attached hydrogens (tertiary/aromatic N) is 22. The number of morpholine rings is 2. The second kappa shape index (κ2) is 27.7. The van der Waals surface area contributed by atoms with Crippen molar-refractivity contribution in [3.8, 4) is 33.8 Å². The molecule has 103 heavy (non-hydrogen) atoms. The van der Waals surface area contributed by atoms with Crippen molar-refractivity contribution in [2.75, 3.05) is 117 Å². The van der Waals surface area contributed by atoms with Crippen LogP contribution in [0.4, 0.5) is 34.9 Å². The molecule has 15 aromatic rings. The van der Waals surface area contributed by atoms with Crippen LogP contribution in [-0.4, -0.2) is 203 Å². The molecular weight excluding hydrogens is 1380 g/mol. The Hall–Kier alpha value is -11.6. The van der Waals surface area contributed by atoms with E-state index in [0.29, 0.717) is 156 Å². The van der Waals surface area contributed by atoms with E-state index in [2.05, 4.69) is 112 Å². The average Bonchev–Trinajstić information content (AvgIpc) is 1.75. The predicted molar refractivity (Wildman–Crippen MR) is 394 cm³/mol. The van der Waals surface area contributed by atoms with Gasteiger partial charge in [-0.1, -0.05) is 65.7 Å². The molecule has 3 aliphatic rings. The Labute approximate surface area is 596 Å². The normalized spacial score (nSPS) is 14.7. The van der Waals surface area contributed by atoms with Gasteiger partial charge in [-0.2, -0.15) is 34.9 Å². The number of rotatable bonds is 13. The topological polar surface area (TPSA) is 399 Å². The molecule has 0 amide bonds. The number of halogens is 2. The zero-order chi connectivity index (χ0) is 70.5. The van der Waals surface area contributed by atoms with Gasteiger partial charge in [0.1, 0.15) is 71.0 Å². The van der Waals surface area contributed by atoms with Gasteiger partial charge in [-0.15, -0.1) is 0 Å². The number of piperazine rings is 1. The molecule has 3 saturated heterocycles. The lowest BCUT2D eigenvalue weighted by atomic mass is 10.0. The van der Waals surface area contributed by atoms with E-state index in [0.717, 1.165) is 98.5 Å². The molecule has 15 heterocycles. The number of nitrogens with two attached hydrogens (primary N) is 3. The first-order valence-corrected chi connectivity index (χ1v) is 35.6. The Morgan fingerprint density at radius 2 is 0.806 bits per heavy atom. The SMILES string of the molecule is CS(=O)(=O)N1CCN(c2nc(Cn3nc(-c4cn[nH]c4)c4c(N)ncnc43)cc3cccc(Cl)c23)CC1.Cc1cccc2cc(Cn3nc(-c4cn[nH]c4)c4c(N)ncnc43)nc(N3CCOCC3)c12.Nc1ncnc2c1c(-c1cn[nH]c1)nn2Cc1cc2cccc(Cl)c2c(N2CCOCC2)n1. The largest absolute Gasteiger partial charge is 0.383 e. The molecule has 35 heteroatoms. The van der Waals surface area contributed by atoms with Gasteiger partial charge in [0, 0.05) is 104 Å². The maximum absolute atomic E-state index is 12.0. The minimum absolute atomic E-state index is 0.323.